The summed E-state index contributed by atoms with van der Waals surface area (Å²) in [4.78, 5) is 0. The van der Waals surface area contributed by atoms with Crippen LogP contribution in [0.3, 0.4) is 0 Å². The van der Waals surface area contributed by atoms with Crippen molar-refractivity contribution >= 4 is 15.9 Å². The fourth-order valence-corrected chi connectivity index (χ4v) is 2.53. The molecule has 0 radical (unpaired) electrons. The molecule has 2 heteroatoms. The minimum Gasteiger partial charge on any atom is -0.380 e. The molecular formula is C12H13BrO. The molecular weight excluding hydrogens is 240 g/mol. The van der Waals surface area contributed by atoms with Gasteiger partial charge in [-0.1, -0.05) is 52.3 Å². The second-order valence-corrected chi connectivity index (χ2v) is 4.52. The van der Waals surface area contributed by atoms with Crippen LogP contribution in [-0.2, 0) is 5.60 Å². The van der Waals surface area contributed by atoms with E-state index in [0.717, 1.165) is 29.3 Å². The van der Waals surface area contributed by atoms with Crippen LogP contribution in [0.1, 0.15) is 24.8 Å². The number of aliphatic hydroxyl groups is 1. The Morgan fingerprint density at radius 2 is 1.93 bits per heavy atom. The van der Waals surface area contributed by atoms with E-state index in [2.05, 4.69) is 22.0 Å². The molecule has 0 spiro atoms. The van der Waals surface area contributed by atoms with Gasteiger partial charge in [-0.15, -0.1) is 0 Å². The summed E-state index contributed by atoms with van der Waals surface area (Å²) in [5.74, 6) is 0. The summed E-state index contributed by atoms with van der Waals surface area (Å²) < 4.78 is 0.905. The zero-order valence-corrected chi connectivity index (χ0v) is 9.50. The Bertz CT molecular complexity index is 345. The van der Waals surface area contributed by atoms with Crippen molar-refractivity contribution in [3.63, 3.8) is 0 Å². The first kappa shape index (κ1) is 9.94. The van der Waals surface area contributed by atoms with Gasteiger partial charge in [0.1, 0.15) is 5.60 Å². The van der Waals surface area contributed by atoms with Crippen LogP contribution in [0.25, 0.3) is 0 Å². The number of hydrogen-bond acceptors (Lipinski definition) is 1. The number of hydrogen-bond donors (Lipinski definition) is 1. The third-order valence-corrected chi connectivity index (χ3v) is 3.69. The van der Waals surface area contributed by atoms with Crippen molar-refractivity contribution in [2.24, 2.45) is 0 Å². The Kier molecular flexibility index (Phi) is 2.75. The van der Waals surface area contributed by atoms with Gasteiger partial charge >= 0.3 is 0 Å². The second kappa shape index (κ2) is 3.87. The molecule has 1 atom stereocenters. The third kappa shape index (κ3) is 1.64. The van der Waals surface area contributed by atoms with Gasteiger partial charge in [0.25, 0.3) is 0 Å². The molecule has 0 aliphatic heterocycles. The van der Waals surface area contributed by atoms with E-state index in [1.807, 2.05) is 30.3 Å². The normalized spacial score (nSPS) is 27.1. The van der Waals surface area contributed by atoms with Crippen molar-refractivity contribution in [1.82, 2.24) is 0 Å². The van der Waals surface area contributed by atoms with Gasteiger partial charge in [-0.2, -0.15) is 0 Å². The quantitative estimate of drug-likeness (QED) is 0.813. The van der Waals surface area contributed by atoms with Crippen LogP contribution in [0.2, 0.25) is 0 Å². The van der Waals surface area contributed by atoms with Crippen molar-refractivity contribution in [2.45, 2.75) is 24.9 Å². The molecule has 1 aromatic carbocycles. The van der Waals surface area contributed by atoms with Gasteiger partial charge in [0.2, 0.25) is 0 Å². The maximum absolute atomic E-state index is 10.5. The highest BCUT2D eigenvalue weighted by Gasteiger charge is 2.33. The maximum Gasteiger partial charge on any atom is 0.121 e. The molecule has 1 aliphatic carbocycles. The SMILES string of the molecule is OC1(c2ccccc2)CCCC=C1Br. The fraction of sp³-hybridized carbons (Fsp3) is 0.333. The summed E-state index contributed by atoms with van der Waals surface area (Å²) >= 11 is 3.46. The molecule has 0 aromatic heterocycles. The van der Waals surface area contributed by atoms with Crippen LogP contribution < -0.4 is 0 Å². The zero-order valence-electron chi connectivity index (χ0n) is 7.91. The lowest BCUT2D eigenvalue weighted by molar-refractivity contribution is 0.0692. The highest BCUT2D eigenvalue weighted by Crippen LogP contribution is 2.40. The van der Waals surface area contributed by atoms with E-state index >= 15 is 0 Å². The summed E-state index contributed by atoms with van der Waals surface area (Å²) in [5.41, 5.74) is 0.183. The van der Waals surface area contributed by atoms with Crippen LogP contribution >= 0.6 is 15.9 Å². The van der Waals surface area contributed by atoms with Crippen LogP contribution in [0.4, 0.5) is 0 Å². The predicted molar refractivity (Wildman–Crippen MR) is 61.2 cm³/mol. The lowest BCUT2D eigenvalue weighted by Gasteiger charge is -2.31. The van der Waals surface area contributed by atoms with Crippen molar-refractivity contribution in [2.75, 3.05) is 0 Å². The molecule has 14 heavy (non-hydrogen) atoms. The Labute approximate surface area is 92.6 Å². The molecule has 1 aromatic rings. The third-order valence-electron chi connectivity index (χ3n) is 2.71. The molecule has 2 rings (SSSR count). The van der Waals surface area contributed by atoms with E-state index in [4.69, 9.17) is 0 Å². The van der Waals surface area contributed by atoms with E-state index in [1.165, 1.54) is 0 Å². The van der Waals surface area contributed by atoms with Crippen molar-refractivity contribution in [3.05, 3.63) is 46.5 Å². The fourth-order valence-electron chi connectivity index (χ4n) is 1.87. The van der Waals surface area contributed by atoms with Crippen LogP contribution in [0, 0.1) is 0 Å². The molecule has 0 saturated carbocycles. The van der Waals surface area contributed by atoms with Gasteiger partial charge in [-0.05, 0) is 24.8 Å². The van der Waals surface area contributed by atoms with Gasteiger partial charge in [0, 0.05) is 4.48 Å². The van der Waals surface area contributed by atoms with Crippen LogP contribution in [-0.4, -0.2) is 5.11 Å². The Morgan fingerprint density at radius 3 is 2.57 bits per heavy atom. The summed E-state index contributed by atoms with van der Waals surface area (Å²) in [6.07, 6.45) is 4.96. The number of halogens is 1. The predicted octanol–water partition coefficient (Wildman–Crippen LogP) is 3.34. The molecule has 0 heterocycles. The van der Waals surface area contributed by atoms with Crippen LogP contribution in [0.15, 0.2) is 40.9 Å². The second-order valence-electron chi connectivity index (χ2n) is 3.67. The van der Waals surface area contributed by atoms with E-state index in [1.54, 1.807) is 0 Å². The Balaban J connectivity index is 2.41. The molecule has 0 fully saturated rings. The minimum absolute atomic E-state index is 0.792. The van der Waals surface area contributed by atoms with E-state index in [0.29, 0.717) is 0 Å². The highest BCUT2D eigenvalue weighted by atomic mass is 79.9. The van der Waals surface area contributed by atoms with Crippen molar-refractivity contribution < 1.29 is 5.11 Å². The molecule has 74 valence electrons. The molecule has 1 unspecified atom stereocenters. The summed E-state index contributed by atoms with van der Waals surface area (Å²) in [6, 6.07) is 9.83. The number of benzene rings is 1. The summed E-state index contributed by atoms with van der Waals surface area (Å²) in [7, 11) is 0. The number of rotatable bonds is 1. The topological polar surface area (TPSA) is 20.2 Å². The van der Waals surface area contributed by atoms with Crippen LogP contribution in [0.5, 0.6) is 0 Å². The molecule has 1 N–H and O–H groups in total. The molecule has 0 amide bonds. The first-order chi connectivity index (χ1) is 6.73. The molecule has 1 aliphatic rings. The van der Waals surface area contributed by atoms with Crippen molar-refractivity contribution in [1.29, 1.82) is 0 Å². The van der Waals surface area contributed by atoms with Crippen molar-refractivity contribution in [3.8, 4) is 0 Å². The molecule has 1 nitrogen and oxygen atoms in total. The zero-order chi connectivity index (χ0) is 10.0. The Morgan fingerprint density at radius 1 is 1.21 bits per heavy atom. The maximum atomic E-state index is 10.5. The monoisotopic (exact) mass is 252 g/mol. The summed E-state index contributed by atoms with van der Waals surface area (Å²) in [5, 5.41) is 10.5. The standard InChI is InChI=1S/C12H13BrO/c13-11-8-4-5-9-12(11,14)10-6-2-1-3-7-10/h1-3,6-8,14H,4-5,9H2. The molecule has 0 bridgehead atoms. The summed E-state index contributed by atoms with van der Waals surface area (Å²) in [6.45, 7) is 0. The largest absolute Gasteiger partial charge is 0.380 e. The average molecular weight is 253 g/mol. The lowest BCUT2D eigenvalue weighted by atomic mass is 9.85. The minimum atomic E-state index is -0.792. The Hall–Kier alpha value is -0.600. The highest BCUT2D eigenvalue weighted by molar-refractivity contribution is 9.11. The average Bonchev–Trinajstić information content (AvgIpc) is 2.24. The van der Waals surface area contributed by atoms with Gasteiger partial charge in [-0.3, -0.25) is 0 Å². The first-order valence-electron chi connectivity index (χ1n) is 4.87. The van der Waals surface area contributed by atoms with Gasteiger partial charge < -0.3 is 5.11 Å². The van der Waals surface area contributed by atoms with Gasteiger partial charge in [-0.25, -0.2) is 0 Å². The van der Waals surface area contributed by atoms with Gasteiger partial charge in [0.15, 0.2) is 0 Å². The molecule has 0 saturated heterocycles. The van der Waals surface area contributed by atoms with E-state index in [-0.39, 0.29) is 0 Å². The van der Waals surface area contributed by atoms with Gasteiger partial charge in [0.05, 0.1) is 0 Å². The number of allylic oxidation sites excluding steroid dienone is 1. The van der Waals surface area contributed by atoms with E-state index < -0.39 is 5.60 Å². The lowest BCUT2D eigenvalue weighted by Crippen LogP contribution is -2.27. The smallest absolute Gasteiger partial charge is 0.121 e. The van der Waals surface area contributed by atoms with E-state index in [9.17, 15) is 5.11 Å². The first-order valence-corrected chi connectivity index (χ1v) is 5.67.